The molecule has 20 heavy (non-hydrogen) atoms. The zero-order valence-electron chi connectivity index (χ0n) is 11.1. The summed E-state index contributed by atoms with van der Waals surface area (Å²) < 4.78 is 1.48. The number of hydrogen-bond donors (Lipinski definition) is 2. The Balaban J connectivity index is 2.36. The maximum Gasteiger partial charge on any atom is 0.251 e. The Morgan fingerprint density at radius 3 is 2.95 bits per heavy atom. The number of carbonyl (C=O) groups is 1. The number of aromatic nitrogens is 2. The highest BCUT2D eigenvalue weighted by Gasteiger charge is 2.09. The summed E-state index contributed by atoms with van der Waals surface area (Å²) in [5.74, 6) is -0.543. The van der Waals surface area contributed by atoms with Gasteiger partial charge < -0.3 is 11.1 Å². The summed E-state index contributed by atoms with van der Waals surface area (Å²) in [4.78, 5) is 11.1. The molecule has 0 saturated carbocycles. The third-order valence-corrected chi connectivity index (χ3v) is 2.87. The van der Waals surface area contributed by atoms with Crippen LogP contribution in [0.1, 0.15) is 28.4 Å². The van der Waals surface area contributed by atoms with Gasteiger partial charge in [-0.25, -0.2) is 4.68 Å². The van der Waals surface area contributed by atoms with Gasteiger partial charge in [-0.1, -0.05) is 13.0 Å². The van der Waals surface area contributed by atoms with E-state index in [0.29, 0.717) is 23.4 Å². The van der Waals surface area contributed by atoms with Gasteiger partial charge in [0.1, 0.15) is 6.07 Å². The Morgan fingerprint density at radius 2 is 2.35 bits per heavy atom. The first-order chi connectivity index (χ1) is 9.65. The van der Waals surface area contributed by atoms with Gasteiger partial charge in [0.2, 0.25) is 0 Å². The van der Waals surface area contributed by atoms with E-state index in [0.717, 1.165) is 12.1 Å². The number of nitrogens with two attached hydrogens (primary N) is 1. The van der Waals surface area contributed by atoms with Gasteiger partial charge in [0.05, 0.1) is 23.0 Å². The van der Waals surface area contributed by atoms with Gasteiger partial charge in [-0.3, -0.25) is 4.79 Å². The summed E-state index contributed by atoms with van der Waals surface area (Å²) >= 11 is 0. The van der Waals surface area contributed by atoms with Crippen LogP contribution >= 0.6 is 0 Å². The average molecular weight is 269 g/mol. The van der Waals surface area contributed by atoms with Crippen molar-refractivity contribution in [1.29, 1.82) is 5.26 Å². The summed E-state index contributed by atoms with van der Waals surface area (Å²) in [6.07, 6.45) is 2.90. The lowest BCUT2D eigenvalue weighted by atomic mass is 10.1. The number of benzene rings is 1. The van der Waals surface area contributed by atoms with E-state index in [1.807, 2.05) is 25.1 Å². The lowest BCUT2D eigenvalue weighted by Crippen LogP contribution is -2.12. The molecule has 0 atom stereocenters. The lowest BCUT2D eigenvalue weighted by Gasteiger charge is -2.07. The Kier molecular flexibility index (Phi) is 4.13. The Bertz CT molecular complexity index is 668. The molecular formula is C14H15N5O. The number of nitriles is 1. The fourth-order valence-corrected chi connectivity index (χ4v) is 1.83. The highest BCUT2D eigenvalue weighted by Crippen LogP contribution is 2.16. The summed E-state index contributed by atoms with van der Waals surface area (Å²) in [5, 5.41) is 16.5. The molecule has 1 aromatic heterocycles. The van der Waals surface area contributed by atoms with Crippen molar-refractivity contribution in [3.63, 3.8) is 0 Å². The van der Waals surface area contributed by atoms with Crippen molar-refractivity contribution in [2.75, 3.05) is 6.54 Å². The number of nitrogens with zero attached hydrogens (tertiary/aromatic N) is 3. The first-order valence-corrected chi connectivity index (χ1v) is 6.24. The minimum Gasteiger partial charge on any atom is -0.366 e. The maximum atomic E-state index is 11.1. The van der Waals surface area contributed by atoms with Gasteiger partial charge >= 0.3 is 0 Å². The second-order valence-corrected chi connectivity index (χ2v) is 4.28. The zero-order chi connectivity index (χ0) is 14.5. The van der Waals surface area contributed by atoms with Crippen LogP contribution in [0.4, 0.5) is 0 Å². The molecule has 0 spiro atoms. The largest absolute Gasteiger partial charge is 0.366 e. The van der Waals surface area contributed by atoms with Gasteiger partial charge in [0, 0.05) is 12.7 Å². The third kappa shape index (κ3) is 2.84. The summed E-state index contributed by atoms with van der Waals surface area (Å²) in [7, 11) is 0. The van der Waals surface area contributed by atoms with Crippen molar-refractivity contribution in [3.05, 3.63) is 47.3 Å². The minimum atomic E-state index is -0.543. The average Bonchev–Trinajstić information content (AvgIpc) is 2.94. The first kappa shape index (κ1) is 13.8. The minimum absolute atomic E-state index is 0.311. The topological polar surface area (TPSA) is 96.7 Å². The van der Waals surface area contributed by atoms with Crippen molar-refractivity contribution >= 4 is 5.91 Å². The molecule has 1 amide bonds. The molecular weight excluding hydrogens is 254 g/mol. The molecule has 0 bridgehead atoms. The molecule has 1 aromatic carbocycles. The summed E-state index contributed by atoms with van der Waals surface area (Å²) in [6, 6.07) is 7.68. The van der Waals surface area contributed by atoms with Crippen LogP contribution in [0.2, 0.25) is 0 Å². The van der Waals surface area contributed by atoms with Gasteiger partial charge in [-0.15, -0.1) is 0 Å². The van der Waals surface area contributed by atoms with Crippen LogP contribution in [-0.2, 0) is 6.54 Å². The number of primary amides is 1. The molecule has 6 heteroatoms. The molecule has 102 valence electrons. The van der Waals surface area contributed by atoms with Gasteiger partial charge in [0.25, 0.3) is 5.91 Å². The van der Waals surface area contributed by atoms with Gasteiger partial charge in [-0.05, 0) is 24.2 Å². The fraction of sp³-hybridized carbons (Fsp3) is 0.214. The lowest BCUT2D eigenvalue weighted by molar-refractivity contribution is 0.100. The normalized spacial score (nSPS) is 10.2. The molecule has 6 nitrogen and oxygen atoms in total. The Labute approximate surface area is 116 Å². The number of hydrogen-bond acceptors (Lipinski definition) is 4. The molecule has 2 rings (SSSR count). The molecule has 0 fully saturated rings. The van der Waals surface area contributed by atoms with Crippen LogP contribution in [0.5, 0.6) is 0 Å². The van der Waals surface area contributed by atoms with E-state index in [4.69, 9.17) is 5.73 Å². The molecule has 0 unspecified atom stereocenters. The number of amides is 1. The number of carbonyl (C=O) groups excluding carboxylic acids is 1. The highest BCUT2D eigenvalue weighted by atomic mass is 16.1. The quantitative estimate of drug-likeness (QED) is 0.844. The molecule has 0 aliphatic carbocycles. The molecule has 2 aromatic rings. The van der Waals surface area contributed by atoms with Crippen LogP contribution in [-0.4, -0.2) is 22.2 Å². The molecule has 0 radical (unpaired) electrons. The van der Waals surface area contributed by atoms with Crippen molar-refractivity contribution in [2.24, 2.45) is 5.73 Å². The van der Waals surface area contributed by atoms with Crippen molar-refractivity contribution in [3.8, 4) is 11.8 Å². The Morgan fingerprint density at radius 1 is 1.55 bits per heavy atom. The van der Waals surface area contributed by atoms with E-state index in [1.54, 1.807) is 0 Å². The summed E-state index contributed by atoms with van der Waals surface area (Å²) in [5.41, 5.74) is 7.65. The first-order valence-electron chi connectivity index (χ1n) is 6.24. The highest BCUT2D eigenvalue weighted by molar-refractivity contribution is 5.92. The number of rotatable bonds is 5. The van der Waals surface area contributed by atoms with E-state index in [-0.39, 0.29) is 0 Å². The molecule has 0 saturated heterocycles. The van der Waals surface area contributed by atoms with Crippen LogP contribution in [0.25, 0.3) is 5.69 Å². The molecule has 3 N–H and O–H groups in total. The van der Waals surface area contributed by atoms with Gasteiger partial charge in [-0.2, -0.15) is 10.4 Å². The monoisotopic (exact) mass is 269 g/mol. The van der Waals surface area contributed by atoms with Crippen LogP contribution in [0.3, 0.4) is 0 Å². The standard InChI is InChI=1S/C14H15N5O/c1-2-17-7-10-3-4-13(11(5-10)6-15)19-9-12(8-18-19)14(16)20/h3-5,8-9,17H,2,7H2,1H3,(H2,16,20). The van der Waals surface area contributed by atoms with E-state index in [2.05, 4.69) is 16.5 Å². The van der Waals surface area contributed by atoms with Crippen molar-refractivity contribution in [1.82, 2.24) is 15.1 Å². The van der Waals surface area contributed by atoms with Crippen LogP contribution < -0.4 is 11.1 Å². The molecule has 0 aliphatic heterocycles. The second kappa shape index (κ2) is 5.99. The van der Waals surface area contributed by atoms with E-state index in [1.165, 1.54) is 17.1 Å². The Hall–Kier alpha value is -2.65. The van der Waals surface area contributed by atoms with Crippen LogP contribution in [0, 0.1) is 11.3 Å². The second-order valence-electron chi connectivity index (χ2n) is 4.28. The van der Waals surface area contributed by atoms with Crippen molar-refractivity contribution < 1.29 is 4.79 Å². The maximum absolute atomic E-state index is 11.1. The molecule has 1 heterocycles. The predicted octanol–water partition coefficient (Wildman–Crippen LogP) is 0.952. The van der Waals surface area contributed by atoms with E-state index in [9.17, 15) is 10.1 Å². The van der Waals surface area contributed by atoms with Crippen molar-refractivity contribution in [2.45, 2.75) is 13.5 Å². The van der Waals surface area contributed by atoms with Crippen LogP contribution in [0.15, 0.2) is 30.6 Å². The van der Waals surface area contributed by atoms with Gasteiger partial charge in [0.15, 0.2) is 0 Å². The summed E-state index contributed by atoms with van der Waals surface area (Å²) in [6.45, 7) is 3.59. The van der Waals surface area contributed by atoms with E-state index >= 15 is 0 Å². The zero-order valence-corrected chi connectivity index (χ0v) is 11.1. The molecule has 0 aliphatic rings. The third-order valence-electron chi connectivity index (χ3n) is 2.87. The smallest absolute Gasteiger partial charge is 0.251 e. The number of nitrogens with one attached hydrogen (secondary N) is 1. The SMILES string of the molecule is CCNCc1ccc(-n2cc(C(N)=O)cn2)c(C#N)c1. The van der Waals surface area contributed by atoms with E-state index < -0.39 is 5.91 Å². The fourth-order valence-electron chi connectivity index (χ4n) is 1.83. The predicted molar refractivity (Wildman–Crippen MR) is 74.2 cm³/mol.